The van der Waals surface area contributed by atoms with E-state index in [0.717, 1.165) is 0 Å². The first-order valence-electron chi connectivity index (χ1n) is 4.65. The third kappa shape index (κ3) is 2.22. The maximum atomic E-state index is 9.58. The van der Waals surface area contributed by atoms with Gasteiger partial charge in [0.25, 0.3) is 0 Å². The normalized spacial score (nSPS) is 43.9. The van der Waals surface area contributed by atoms with Gasteiger partial charge in [0.2, 0.25) is 0 Å². The monoisotopic (exact) mass is 207 g/mol. The zero-order valence-electron chi connectivity index (χ0n) is 8.00. The van der Waals surface area contributed by atoms with E-state index in [9.17, 15) is 15.3 Å². The number of hydrogen-bond donors (Lipinski definition) is 5. The fourth-order valence-corrected chi connectivity index (χ4v) is 1.55. The van der Waals surface area contributed by atoms with E-state index in [-0.39, 0.29) is 0 Å². The van der Waals surface area contributed by atoms with Crippen LogP contribution in [-0.4, -0.2) is 64.2 Å². The smallest absolute Gasteiger partial charge is 0.173 e. The standard InChI is InChI=1S/C8H17NO5/c1-2-9-5-7(12)6(11)4(3-10)14-8(5)13/h4-13H,2-3H2,1H3/t4-,5?,6-,7-,8?/m1/s1. The number of rotatable bonds is 3. The molecule has 1 fully saturated rings. The Kier molecular flexibility index (Phi) is 4.24. The Balaban J connectivity index is 2.63. The van der Waals surface area contributed by atoms with Crippen LogP contribution in [0.15, 0.2) is 0 Å². The van der Waals surface area contributed by atoms with Crippen LogP contribution in [0.5, 0.6) is 0 Å². The van der Waals surface area contributed by atoms with Crippen molar-refractivity contribution < 1.29 is 25.2 Å². The summed E-state index contributed by atoms with van der Waals surface area (Å²) in [4.78, 5) is 0. The Morgan fingerprint density at radius 3 is 2.36 bits per heavy atom. The lowest BCUT2D eigenvalue weighted by Crippen LogP contribution is -2.63. The van der Waals surface area contributed by atoms with Gasteiger partial charge in [0, 0.05) is 0 Å². The van der Waals surface area contributed by atoms with E-state index in [0.29, 0.717) is 6.54 Å². The van der Waals surface area contributed by atoms with Gasteiger partial charge in [-0.3, -0.25) is 0 Å². The van der Waals surface area contributed by atoms with Gasteiger partial charge < -0.3 is 30.5 Å². The molecule has 2 unspecified atom stereocenters. The molecule has 14 heavy (non-hydrogen) atoms. The third-order valence-corrected chi connectivity index (χ3v) is 2.34. The highest BCUT2D eigenvalue weighted by Crippen LogP contribution is 2.19. The van der Waals surface area contributed by atoms with Crippen molar-refractivity contribution in [2.45, 2.75) is 37.6 Å². The fraction of sp³-hybridized carbons (Fsp3) is 1.00. The quantitative estimate of drug-likeness (QED) is 0.348. The molecule has 6 heteroatoms. The fourth-order valence-electron chi connectivity index (χ4n) is 1.55. The van der Waals surface area contributed by atoms with E-state index >= 15 is 0 Å². The highest BCUT2D eigenvalue weighted by atomic mass is 16.6. The molecule has 1 aliphatic rings. The molecule has 1 heterocycles. The van der Waals surface area contributed by atoms with Crippen LogP contribution >= 0.6 is 0 Å². The van der Waals surface area contributed by atoms with Crippen molar-refractivity contribution in [3.8, 4) is 0 Å². The van der Waals surface area contributed by atoms with Gasteiger partial charge in [0.15, 0.2) is 6.29 Å². The molecule has 6 nitrogen and oxygen atoms in total. The number of aliphatic hydroxyl groups is 4. The maximum absolute atomic E-state index is 9.58. The largest absolute Gasteiger partial charge is 0.394 e. The highest BCUT2D eigenvalue weighted by Gasteiger charge is 2.42. The number of ether oxygens (including phenoxy) is 1. The SMILES string of the molecule is CCNC1C(O)O[C@H](CO)[C@@H](O)[C@@H]1O. The molecule has 0 aliphatic carbocycles. The average Bonchev–Trinajstić information content (AvgIpc) is 2.18. The summed E-state index contributed by atoms with van der Waals surface area (Å²) in [5.41, 5.74) is 0. The minimum Gasteiger partial charge on any atom is -0.394 e. The van der Waals surface area contributed by atoms with E-state index in [2.05, 4.69) is 5.32 Å². The van der Waals surface area contributed by atoms with Crippen molar-refractivity contribution in [1.29, 1.82) is 0 Å². The van der Waals surface area contributed by atoms with Crippen LogP contribution < -0.4 is 5.32 Å². The van der Waals surface area contributed by atoms with E-state index < -0.39 is 37.3 Å². The molecule has 0 spiro atoms. The molecule has 0 amide bonds. The molecule has 1 rings (SSSR count). The molecule has 5 atom stereocenters. The summed E-state index contributed by atoms with van der Waals surface area (Å²) in [7, 11) is 0. The van der Waals surface area contributed by atoms with E-state index in [1.807, 2.05) is 6.92 Å². The number of aliphatic hydroxyl groups excluding tert-OH is 4. The highest BCUT2D eigenvalue weighted by molar-refractivity contribution is 4.92. The molecular formula is C8H17NO5. The lowest BCUT2D eigenvalue weighted by molar-refractivity contribution is -0.254. The van der Waals surface area contributed by atoms with Crippen LogP contribution in [-0.2, 0) is 4.74 Å². The second kappa shape index (κ2) is 5.01. The van der Waals surface area contributed by atoms with Gasteiger partial charge >= 0.3 is 0 Å². The van der Waals surface area contributed by atoms with Crippen molar-refractivity contribution in [2.24, 2.45) is 0 Å². The Hall–Kier alpha value is -0.240. The predicted molar refractivity (Wildman–Crippen MR) is 47.4 cm³/mol. The molecule has 0 aromatic carbocycles. The summed E-state index contributed by atoms with van der Waals surface area (Å²) < 4.78 is 4.92. The van der Waals surface area contributed by atoms with Crippen molar-refractivity contribution in [3.63, 3.8) is 0 Å². The third-order valence-electron chi connectivity index (χ3n) is 2.34. The molecule has 84 valence electrons. The molecule has 1 saturated heterocycles. The average molecular weight is 207 g/mol. The first-order valence-corrected chi connectivity index (χ1v) is 4.65. The minimum absolute atomic E-state index is 0.436. The van der Waals surface area contributed by atoms with Gasteiger partial charge in [-0.15, -0.1) is 0 Å². The Morgan fingerprint density at radius 2 is 1.86 bits per heavy atom. The zero-order chi connectivity index (χ0) is 10.7. The van der Waals surface area contributed by atoms with Crippen LogP contribution in [0.1, 0.15) is 6.92 Å². The van der Waals surface area contributed by atoms with Crippen LogP contribution in [0.2, 0.25) is 0 Å². The molecule has 0 saturated carbocycles. The van der Waals surface area contributed by atoms with Gasteiger partial charge in [-0.1, -0.05) is 6.92 Å². The summed E-state index contributed by atoms with van der Waals surface area (Å²) in [5, 5.41) is 40.0. The Labute approximate surface area is 82.1 Å². The first kappa shape index (κ1) is 11.8. The van der Waals surface area contributed by atoms with Crippen molar-refractivity contribution in [1.82, 2.24) is 5.32 Å². The zero-order valence-corrected chi connectivity index (χ0v) is 8.00. The molecule has 0 aromatic rings. The maximum Gasteiger partial charge on any atom is 0.173 e. The van der Waals surface area contributed by atoms with Gasteiger partial charge in [-0.2, -0.15) is 0 Å². The summed E-state index contributed by atoms with van der Waals surface area (Å²) in [6.07, 6.45) is -4.48. The van der Waals surface area contributed by atoms with Gasteiger partial charge in [0.05, 0.1) is 12.6 Å². The molecule has 0 aromatic heterocycles. The van der Waals surface area contributed by atoms with Crippen LogP contribution in [0.3, 0.4) is 0 Å². The number of nitrogens with one attached hydrogen (secondary N) is 1. The van der Waals surface area contributed by atoms with Crippen LogP contribution in [0.4, 0.5) is 0 Å². The van der Waals surface area contributed by atoms with E-state index in [4.69, 9.17) is 9.84 Å². The van der Waals surface area contributed by atoms with Crippen LogP contribution in [0.25, 0.3) is 0 Å². The Bertz CT molecular complexity index is 179. The lowest BCUT2D eigenvalue weighted by atomic mass is 9.97. The first-order chi connectivity index (χ1) is 6.61. The molecular weight excluding hydrogens is 190 g/mol. The molecule has 5 N–H and O–H groups in total. The van der Waals surface area contributed by atoms with Gasteiger partial charge in [-0.25, -0.2) is 0 Å². The number of hydrogen-bond acceptors (Lipinski definition) is 6. The molecule has 0 radical (unpaired) electrons. The topological polar surface area (TPSA) is 102 Å². The molecule has 0 bridgehead atoms. The summed E-state index contributed by atoms with van der Waals surface area (Å²) >= 11 is 0. The lowest BCUT2D eigenvalue weighted by Gasteiger charge is -2.40. The number of likely N-dealkylation sites (N-methyl/N-ethyl adjacent to an activating group) is 1. The summed E-state index contributed by atoms with van der Waals surface area (Å²) in [6.45, 7) is 1.91. The van der Waals surface area contributed by atoms with Crippen molar-refractivity contribution in [2.75, 3.05) is 13.2 Å². The van der Waals surface area contributed by atoms with Crippen molar-refractivity contribution in [3.05, 3.63) is 0 Å². The second-order valence-corrected chi connectivity index (χ2v) is 3.31. The van der Waals surface area contributed by atoms with Gasteiger partial charge in [-0.05, 0) is 6.54 Å². The second-order valence-electron chi connectivity index (χ2n) is 3.31. The van der Waals surface area contributed by atoms with Gasteiger partial charge in [0.1, 0.15) is 18.3 Å². The summed E-state index contributed by atoms with van der Waals surface area (Å²) in [6, 6.07) is -0.724. The van der Waals surface area contributed by atoms with Crippen molar-refractivity contribution >= 4 is 0 Å². The summed E-state index contributed by atoms with van der Waals surface area (Å²) in [5.74, 6) is 0. The van der Waals surface area contributed by atoms with E-state index in [1.54, 1.807) is 0 Å². The van der Waals surface area contributed by atoms with Crippen LogP contribution in [0, 0.1) is 0 Å². The van der Waals surface area contributed by atoms with E-state index in [1.165, 1.54) is 0 Å². The predicted octanol–water partition coefficient (Wildman–Crippen LogP) is -2.60. The minimum atomic E-state index is -1.22. The Morgan fingerprint density at radius 1 is 1.21 bits per heavy atom. The molecule has 1 aliphatic heterocycles.